The highest BCUT2D eigenvalue weighted by Gasteiger charge is 2.18. The van der Waals surface area contributed by atoms with Crippen LogP contribution >= 0.6 is 0 Å². The van der Waals surface area contributed by atoms with E-state index in [2.05, 4.69) is 15.4 Å². The summed E-state index contributed by atoms with van der Waals surface area (Å²) in [4.78, 5) is 41.4. The number of carbonyl (C=O) groups is 2. The van der Waals surface area contributed by atoms with Crippen molar-refractivity contribution in [2.45, 2.75) is 13.5 Å². The van der Waals surface area contributed by atoms with Gasteiger partial charge in [-0.1, -0.05) is 30.3 Å². The summed E-state index contributed by atoms with van der Waals surface area (Å²) < 4.78 is 12.8. The molecule has 4 rings (SSSR count). The molecule has 0 atom stereocenters. The van der Waals surface area contributed by atoms with Gasteiger partial charge >= 0.3 is 11.7 Å². The average molecular weight is 433 g/mol. The molecule has 10 heteroatoms. The molecule has 1 amide bonds. The van der Waals surface area contributed by atoms with Crippen molar-refractivity contribution in [2.75, 3.05) is 12.4 Å². The maximum absolute atomic E-state index is 12.7. The van der Waals surface area contributed by atoms with Crippen molar-refractivity contribution >= 4 is 23.2 Å². The van der Waals surface area contributed by atoms with Gasteiger partial charge in [0.25, 0.3) is 5.88 Å². The molecule has 0 saturated carbocycles. The Morgan fingerprint density at radius 2 is 1.84 bits per heavy atom. The predicted octanol–water partition coefficient (Wildman–Crippen LogP) is 2.42. The molecule has 1 N–H and O–H groups in total. The number of fused-ring (bicyclic) bond motifs is 1. The van der Waals surface area contributed by atoms with Gasteiger partial charge in [0.15, 0.2) is 0 Å². The minimum atomic E-state index is -0.588. The SMILES string of the molecule is COC(=O)c1ccccc1NC(=O)Cn1nc2c(Oc3ccccc3C)nccn2c1=O. The van der Waals surface area contributed by atoms with E-state index in [1.165, 1.54) is 30.0 Å². The molecule has 0 spiro atoms. The van der Waals surface area contributed by atoms with Gasteiger partial charge in [-0.3, -0.25) is 4.79 Å². The van der Waals surface area contributed by atoms with E-state index in [-0.39, 0.29) is 29.3 Å². The standard InChI is InChI=1S/C22H19N5O5/c1-14-7-3-6-10-17(14)32-20-19-25-27(22(30)26(19)12-11-23-20)13-18(28)24-16-9-5-4-8-15(16)21(29)31-2/h3-12H,13H2,1-2H3,(H,24,28). The van der Waals surface area contributed by atoms with Crippen molar-refractivity contribution in [3.63, 3.8) is 0 Å². The number of hydrogen-bond donors (Lipinski definition) is 1. The molecule has 162 valence electrons. The van der Waals surface area contributed by atoms with Crippen LogP contribution in [0.5, 0.6) is 11.6 Å². The lowest BCUT2D eigenvalue weighted by Gasteiger charge is -2.09. The normalized spacial score (nSPS) is 10.7. The Hall–Kier alpha value is -4.47. The molecular weight excluding hydrogens is 414 g/mol. The van der Waals surface area contributed by atoms with Crippen molar-refractivity contribution in [1.29, 1.82) is 0 Å². The lowest BCUT2D eigenvalue weighted by Crippen LogP contribution is -2.28. The van der Waals surface area contributed by atoms with E-state index in [0.717, 1.165) is 10.2 Å². The molecule has 32 heavy (non-hydrogen) atoms. The fourth-order valence-corrected chi connectivity index (χ4v) is 3.08. The highest BCUT2D eigenvalue weighted by molar-refractivity contribution is 6.01. The zero-order valence-corrected chi connectivity index (χ0v) is 17.3. The lowest BCUT2D eigenvalue weighted by molar-refractivity contribution is -0.117. The summed E-state index contributed by atoms with van der Waals surface area (Å²) in [6, 6.07) is 13.8. The second kappa shape index (κ2) is 8.72. The number of hydrogen-bond acceptors (Lipinski definition) is 7. The van der Waals surface area contributed by atoms with Gasteiger partial charge in [0, 0.05) is 12.4 Å². The first kappa shape index (κ1) is 20.8. The van der Waals surface area contributed by atoms with Gasteiger partial charge in [-0.25, -0.2) is 23.7 Å². The van der Waals surface area contributed by atoms with Crippen LogP contribution in [0.25, 0.3) is 5.65 Å². The second-order valence-electron chi connectivity index (χ2n) is 6.82. The molecule has 0 aliphatic heterocycles. The quantitative estimate of drug-likeness (QED) is 0.464. The maximum Gasteiger partial charge on any atom is 0.351 e. The van der Waals surface area contributed by atoms with Gasteiger partial charge < -0.3 is 14.8 Å². The summed E-state index contributed by atoms with van der Waals surface area (Å²) in [6.07, 6.45) is 2.86. The number of esters is 1. The predicted molar refractivity (Wildman–Crippen MR) is 115 cm³/mol. The monoisotopic (exact) mass is 433 g/mol. The third kappa shape index (κ3) is 4.06. The van der Waals surface area contributed by atoms with E-state index in [0.29, 0.717) is 5.75 Å². The van der Waals surface area contributed by atoms with Crippen LogP contribution in [0.4, 0.5) is 5.69 Å². The van der Waals surface area contributed by atoms with Gasteiger partial charge in [0.2, 0.25) is 11.6 Å². The third-order valence-electron chi connectivity index (χ3n) is 4.67. The van der Waals surface area contributed by atoms with Gasteiger partial charge in [0.1, 0.15) is 12.3 Å². The number of benzene rings is 2. The Kier molecular flexibility index (Phi) is 5.67. The number of nitrogens with zero attached hydrogens (tertiary/aromatic N) is 4. The van der Waals surface area contributed by atoms with Crippen LogP contribution in [0.2, 0.25) is 0 Å². The number of methoxy groups -OCH3 is 1. The molecule has 0 aliphatic carbocycles. The van der Waals surface area contributed by atoms with Crippen LogP contribution < -0.4 is 15.7 Å². The Bertz CT molecular complexity index is 1370. The van der Waals surface area contributed by atoms with E-state index >= 15 is 0 Å². The average Bonchev–Trinajstić information content (AvgIpc) is 3.11. The summed E-state index contributed by atoms with van der Waals surface area (Å²) in [5.41, 5.74) is 0.994. The third-order valence-corrected chi connectivity index (χ3v) is 4.67. The second-order valence-corrected chi connectivity index (χ2v) is 6.82. The summed E-state index contributed by atoms with van der Waals surface area (Å²) in [5, 5.41) is 6.83. The largest absolute Gasteiger partial charge is 0.465 e. The molecule has 0 saturated heterocycles. The van der Waals surface area contributed by atoms with E-state index in [9.17, 15) is 14.4 Å². The molecule has 0 bridgehead atoms. The Morgan fingerprint density at radius 3 is 2.62 bits per heavy atom. The maximum atomic E-state index is 12.7. The minimum absolute atomic E-state index is 0.133. The topological polar surface area (TPSA) is 117 Å². The minimum Gasteiger partial charge on any atom is -0.465 e. The summed E-state index contributed by atoms with van der Waals surface area (Å²) >= 11 is 0. The van der Waals surface area contributed by atoms with Crippen LogP contribution in [0, 0.1) is 6.92 Å². The molecule has 0 unspecified atom stereocenters. The smallest absolute Gasteiger partial charge is 0.351 e. The number of carbonyl (C=O) groups excluding carboxylic acids is 2. The highest BCUT2D eigenvalue weighted by Crippen LogP contribution is 2.25. The van der Waals surface area contributed by atoms with Crippen LogP contribution in [0.15, 0.2) is 65.7 Å². The van der Waals surface area contributed by atoms with E-state index in [1.54, 1.807) is 24.3 Å². The summed E-state index contributed by atoms with van der Waals surface area (Å²) in [5.74, 6) is -0.419. The first-order valence-electron chi connectivity index (χ1n) is 9.63. The van der Waals surface area contributed by atoms with Crippen LogP contribution in [0.1, 0.15) is 15.9 Å². The number of aryl methyl sites for hydroxylation is 1. The molecule has 10 nitrogen and oxygen atoms in total. The number of amides is 1. The van der Waals surface area contributed by atoms with E-state index in [4.69, 9.17) is 9.47 Å². The molecule has 0 fully saturated rings. The molecule has 2 aromatic carbocycles. The lowest BCUT2D eigenvalue weighted by atomic mass is 10.2. The Balaban J connectivity index is 1.60. The molecule has 2 heterocycles. The Labute approximate surface area is 182 Å². The zero-order valence-electron chi connectivity index (χ0n) is 17.3. The number of anilines is 1. The highest BCUT2D eigenvalue weighted by atomic mass is 16.5. The molecule has 4 aromatic rings. The van der Waals surface area contributed by atoms with Crippen molar-refractivity contribution < 1.29 is 19.1 Å². The number of aromatic nitrogens is 4. The molecule has 0 radical (unpaired) electrons. The van der Waals surface area contributed by atoms with Crippen molar-refractivity contribution in [1.82, 2.24) is 19.2 Å². The van der Waals surface area contributed by atoms with Gasteiger partial charge in [0.05, 0.1) is 18.4 Å². The molecule has 2 aromatic heterocycles. The molecule has 0 aliphatic rings. The molecular formula is C22H19N5O5. The van der Waals surface area contributed by atoms with Crippen LogP contribution in [-0.2, 0) is 16.1 Å². The summed E-state index contributed by atoms with van der Waals surface area (Å²) in [6.45, 7) is 1.51. The van der Waals surface area contributed by atoms with E-state index < -0.39 is 17.6 Å². The van der Waals surface area contributed by atoms with Gasteiger partial charge in [-0.2, -0.15) is 0 Å². The fourth-order valence-electron chi connectivity index (χ4n) is 3.08. The fraction of sp³-hybridized carbons (Fsp3) is 0.136. The summed E-state index contributed by atoms with van der Waals surface area (Å²) in [7, 11) is 1.25. The zero-order chi connectivity index (χ0) is 22.7. The van der Waals surface area contributed by atoms with Crippen molar-refractivity contribution in [2.24, 2.45) is 0 Å². The van der Waals surface area contributed by atoms with Crippen LogP contribution in [0.3, 0.4) is 0 Å². The van der Waals surface area contributed by atoms with E-state index in [1.807, 2.05) is 25.1 Å². The number of nitrogens with one attached hydrogen (secondary N) is 1. The number of rotatable bonds is 6. The first-order chi connectivity index (χ1) is 15.5. The van der Waals surface area contributed by atoms with Gasteiger partial charge in [-0.05, 0) is 30.7 Å². The van der Waals surface area contributed by atoms with Gasteiger partial charge in [-0.15, -0.1) is 5.10 Å². The first-order valence-corrected chi connectivity index (χ1v) is 9.63. The van der Waals surface area contributed by atoms with Crippen molar-refractivity contribution in [3.05, 3.63) is 82.5 Å². The Morgan fingerprint density at radius 1 is 1.09 bits per heavy atom. The number of ether oxygens (including phenoxy) is 2. The van der Waals surface area contributed by atoms with Crippen LogP contribution in [-0.4, -0.2) is 38.2 Å². The van der Waals surface area contributed by atoms with Crippen molar-refractivity contribution in [3.8, 4) is 11.6 Å². The number of para-hydroxylation sites is 2.